The van der Waals surface area contributed by atoms with Crippen molar-refractivity contribution in [1.82, 2.24) is 14.3 Å². The molecule has 0 aliphatic carbocycles. The molecule has 0 amide bonds. The van der Waals surface area contributed by atoms with Crippen LogP contribution in [0.25, 0.3) is 0 Å². The predicted octanol–water partition coefficient (Wildman–Crippen LogP) is 3.41. The van der Waals surface area contributed by atoms with Gasteiger partial charge in [0.05, 0.1) is 13.2 Å². The summed E-state index contributed by atoms with van der Waals surface area (Å²) in [6, 6.07) is 10.1. The fourth-order valence-corrected chi connectivity index (χ4v) is 3.63. The van der Waals surface area contributed by atoms with Crippen LogP contribution in [-0.2, 0) is 0 Å². The van der Waals surface area contributed by atoms with Crippen molar-refractivity contribution >= 4 is 17.9 Å². The van der Waals surface area contributed by atoms with E-state index in [1.54, 1.807) is 19.1 Å². The molecular weight excluding hydrogens is 348 g/mol. The first kappa shape index (κ1) is 18.8. The molecule has 1 saturated heterocycles. The molecule has 0 bridgehead atoms. The molecule has 1 aromatic heterocycles. The molecule has 2 heterocycles. The fraction of sp³-hybridized carbons (Fsp3) is 0.474. The van der Waals surface area contributed by atoms with Crippen LogP contribution in [0.2, 0.25) is 0 Å². The normalized spacial score (nSPS) is 15.3. The molecule has 0 spiro atoms. The number of hydrogen-bond acceptors (Lipinski definition) is 7. The zero-order chi connectivity index (χ0) is 18.5. The van der Waals surface area contributed by atoms with Gasteiger partial charge in [0.2, 0.25) is 11.8 Å². The number of methoxy groups -OCH3 is 1. The van der Waals surface area contributed by atoms with Crippen LogP contribution >= 0.6 is 11.9 Å². The minimum absolute atomic E-state index is 0.106. The molecule has 1 aromatic carbocycles. The lowest BCUT2D eigenvalue weighted by molar-refractivity contribution is 0.232. The summed E-state index contributed by atoms with van der Waals surface area (Å²) in [6.45, 7) is 9.69. The Labute approximate surface area is 159 Å². The maximum atomic E-state index is 5.74. The Bertz CT molecular complexity index is 716. The van der Waals surface area contributed by atoms with Crippen LogP contribution in [0, 0.1) is 6.92 Å². The third-order valence-electron chi connectivity index (χ3n) is 3.99. The Morgan fingerprint density at radius 2 is 1.73 bits per heavy atom. The van der Waals surface area contributed by atoms with E-state index in [-0.39, 0.29) is 6.10 Å². The monoisotopic (exact) mass is 374 g/mol. The Morgan fingerprint density at radius 3 is 2.35 bits per heavy atom. The molecule has 7 heteroatoms. The van der Waals surface area contributed by atoms with Crippen molar-refractivity contribution < 1.29 is 9.47 Å². The molecule has 0 saturated carbocycles. The van der Waals surface area contributed by atoms with E-state index in [4.69, 9.17) is 9.47 Å². The Kier molecular flexibility index (Phi) is 6.21. The van der Waals surface area contributed by atoms with Gasteiger partial charge in [0.25, 0.3) is 0 Å². The smallest absolute Gasteiger partial charge is 0.228 e. The molecule has 1 aliphatic heterocycles. The molecule has 3 rings (SSSR count). The molecule has 0 unspecified atom stereocenters. The van der Waals surface area contributed by atoms with Crippen molar-refractivity contribution in [1.29, 1.82) is 0 Å². The highest BCUT2D eigenvalue weighted by Crippen LogP contribution is 2.27. The van der Waals surface area contributed by atoms with E-state index < -0.39 is 0 Å². The highest BCUT2D eigenvalue weighted by atomic mass is 32.2. The fourth-order valence-electron chi connectivity index (χ4n) is 2.73. The molecule has 1 fully saturated rings. The number of anilines is 1. The van der Waals surface area contributed by atoms with Crippen molar-refractivity contribution in [3.8, 4) is 11.6 Å². The maximum Gasteiger partial charge on any atom is 0.228 e. The number of benzene rings is 1. The standard InChI is InChI=1S/C19H26N4O2S/c1-14(2)25-18-13-15(3)20-19(21-18)22-9-11-23(12-10-22)26-17-7-5-16(24-4)6-8-17/h5-8,13-14H,9-12H2,1-4H3. The average molecular weight is 375 g/mol. The highest BCUT2D eigenvalue weighted by Gasteiger charge is 2.21. The van der Waals surface area contributed by atoms with Gasteiger partial charge in [-0.15, -0.1) is 0 Å². The second-order valence-corrected chi connectivity index (χ2v) is 7.67. The van der Waals surface area contributed by atoms with Gasteiger partial charge >= 0.3 is 0 Å². The molecular formula is C19H26N4O2S. The topological polar surface area (TPSA) is 50.7 Å². The van der Waals surface area contributed by atoms with Crippen LogP contribution in [0.4, 0.5) is 5.95 Å². The summed E-state index contributed by atoms with van der Waals surface area (Å²) >= 11 is 1.78. The lowest BCUT2D eigenvalue weighted by Crippen LogP contribution is -2.44. The van der Waals surface area contributed by atoms with Gasteiger partial charge in [0.1, 0.15) is 5.75 Å². The Morgan fingerprint density at radius 1 is 1.04 bits per heavy atom. The molecule has 140 valence electrons. The van der Waals surface area contributed by atoms with Gasteiger partial charge < -0.3 is 14.4 Å². The second-order valence-electron chi connectivity index (χ2n) is 6.50. The first-order valence-electron chi connectivity index (χ1n) is 8.88. The lowest BCUT2D eigenvalue weighted by Gasteiger charge is -2.34. The van der Waals surface area contributed by atoms with Gasteiger partial charge in [-0.2, -0.15) is 4.98 Å². The minimum atomic E-state index is 0.106. The summed E-state index contributed by atoms with van der Waals surface area (Å²) in [5.41, 5.74) is 0.931. The molecule has 0 N–H and O–H groups in total. The van der Waals surface area contributed by atoms with Crippen molar-refractivity contribution in [2.24, 2.45) is 0 Å². The summed E-state index contributed by atoms with van der Waals surface area (Å²) in [4.78, 5) is 12.6. The summed E-state index contributed by atoms with van der Waals surface area (Å²) in [7, 11) is 1.69. The number of aryl methyl sites for hydroxylation is 1. The zero-order valence-electron chi connectivity index (χ0n) is 15.8. The van der Waals surface area contributed by atoms with E-state index in [2.05, 4.69) is 31.3 Å². The number of nitrogens with zero attached hydrogens (tertiary/aromatic N) is 4. The van der Waals surface area contributed by atoms with Crippen molar-refractivity contribution in [2.75, 3.05) is 38.2 Å². The van der Waals surface area contributed by atoms with Gasteiger partial charge in [-0.1, -0.05) is 0 Å². The molecule has 0 atom stereocenters. The predicted molar refractivity (Wildman–Crippen MR) is 105 cm³/mol. The Balaban J connectivity index is 1.58. The van der Waals surface area contributed by atoms with Crippen LogP contribution in [-0.4, -0.2) is 53.7 Å². The van der Waals surface area contributed by atoms with Crippen molar-refractivity contribution in [3.05, 3.63) is 36.0 Å². The van der Waals surface area contributed by atoms with Gasteiger partial charge in [-0.3, -0.25) is 0 Å². The van der Waals surface area contributed by atoms with Crippen LogP contribution in [0.5, 0.6) is 11.6 Å². The van der Waals surface area contributed by atoms with E-state index in [0.29, 0.717) is 5.88 Å². The highest BCUT2D eigenvalue weighted by molar-refractivity contribution is 7.97. The van der Waals surface area contributed by atoms with E-state index in [1.807, 2.05) is 39.0 Å². The summed E-state index contributed by atoms with van der Waals surface area (Å²) in [5, 5.41) is 0. The first-order chi connectivity index (χ1) is 12.5. The van der Waals surface area contributed by atoms with Crippen LogP contribution < -0.4 is 14.4 Å². The molecule has 2 aromatic rings. The Hall–Kier alpha value is -1.99. The second kappa shape index (κ2) is 8.60. The summed E-state index contributed by atoms with van der Waals surface area (Å²) < 4.78 is 13.3. The molecule has 6 nitrogen and oxygen atoms in total. The van der Waals surface area contributed by atoms with Crippen LogP contribution in [0.1, 0.15) is 19.5 Å². The number of hydrogen-bond donors (Lipinski definition) is 0. The van der Waals surface area contributed by atoms with E-state index >= 15 is 0 Å². The third-order valence-corrected chi connectivity index (χ3v) is 5.10. The minimum Gasteiger partial charge on any atom is -0.497 e. The summed E-state index contributed by atoms with van der Waals surface area (Å²) in [5.74, 6) is 2.29. The van der Waals surface area contributed by atoms with Gasteiger partial charge in [-0.25, -0.2) is 9.29 Å². The summed E-state index contributed by atoms with van der Waals surface area (Å²) in [6.07, 6.45) is 0.106. The number of aromatic nitrogens is 2. The average Bonchev–Trinajstić information content (AvgIpc) is 2.62. The maximum absolute atomic E-state index is 5.74. The van der Waals surface area contributed by atoms with E-state index in [0.717, 1.165) is 43.6 Å². The van der Waals surface area contributed by atoms with Crippen LogP contribution in [0.15, 0.2) is 35.2 Å². The molecule has 0 radical (unpaired) electrons. The quantitative estimate of drug-likeness (QED) is 0.718. The number of ether oxygens (including phenoxy) is 2. The van der Waals surface area contributed by atoms with Gasteiger partial charge in [0, 0.05) is 42.8 Å². The molecule has 26 heavy (non-hydrogen) atoms. The first-order valence-corrected chi connectivity index (χ1v) is 9.65. The van der Waals surface area contributed by atoms with Crippen molar-refractivity contribution in [2.45, 2.75) is 31.8 Å². The zero-order valence-corrected chi connectivity index (χ0v) is 16.6. The van der Waals surface area contributed by atoms with E-state index in [1.165, 1.54) is 4.90 Å². The number of rotatable bonds is 6. The SMILES string of the molecule is COc1ccc(SN2CCN(c3nc(C)cc(OC(C)C)n3)CC2)cc1. The molecule has 1 aliphatic rings. The third kappa shape index (κ3) is 5.02. The van der Waals surface area contributed by atoms with Crippen molar-refractivity contribution in [3.63, 3.8) is 0 Å². The number of piperazine rings is 1. The van der Waals surface area contributed by atoms with Gasteiger partial charge in [-0.05, 0) is 57.0 Å². The van der Waals surface area contributed by atoms with Crippen LogP contribution in [0.3, 0.4) is 0 Å². The van der Waals surface area contributed by atoms with Gasteiger partial charge in [0.15, 0.2) is 0 Å². The largest absolute Gasteiger partial charge is 0.497 e. The van der Waals surface area contributed by atoms with E-state index in [9.17, 15) is 0 Å². The lowest BCUT2D eigenvalue weighted by atomic mass is 10.3.